The van der Waals surface area contributed by atoms with Crippen LogP contribution >= 0.6 is 0 Å². The first-order chi connectivity index (χ1) is 2.77. The highest BCUT2D eigenvalue weighted by molar-refractivity contribution is 4.42. The quantitative estimate of drug-likeness (QED) is 0.375. The van der Waals surface area contributed by atoms with Gasteiger partial charge in [0.05, 0.1) is 0 Å². The predicted octanol–water partition coefficient (Wildman–Crippen LogP) is 0.142. The van der Waals surface area contributed by atoms with Crippen molar-refractivity contribution >= 4 is 0 Å². The zero-order chi connectivity index (χ0) is 4.99. The Hall–Kier alpha value is -0.580. The van der Waals surface area contributed by atoms with Gasteiger partial charge in [0.1, 0.15) is 11.7 Å². The average Bonchev–Trinajstić information content (AvgIpc) is 1.35. The van der Waals surface area contributed by atoms with Crippen LogP contribution in [0.1, 0.15) is 0 Å². The summed E-state index contributed by atoms with van der Waals surface area (Å²) in [4.78, 5) is 3.75. The van der Waals surface area contributed by atoms with Crippen molar-refractivity contribution in [3.8, 4) is 0 Å². The maximum Gasteiger partial charge on any atom is 0.122 e. The number of nitrogens with zero attached hydrogens (tertiary/aromatic N) is 1. The molecule has 0 saturated carbocycles. The summed E-state index contributed by atoms with van der Waals surface area (Å²) >= 11 is 0. The molecule has 0 aliphatic rings. The van der Waals surface area contributed by atoms with Crippen LogP contribution in [0.3, 0.4) is 0 Å². The lowest BCUT2D eigenvalue weighted by molar-refractivity contribution is -0.472. The lowest BCUT2D eigenvalue weighted by atomic mass is 11.2. The SMILES string of the molecule is C=CON(O)O. The summed E-state index contributed by atoms with van der Waals surface area (Å²) in [6, 6.07) is 0. The minimum absolute atomic E-state index is 0.438. The Kier molecular flexibility index (Phi) is 2.39. The second-order valence-corrected chi connectivity index (χ2v) is 0.525. The molecule has 0 unspecified atom stereocenters. The third kappa shape index (κ3) is 3.42. The predicted molar refractivity (Wildman–Crippen MR) is 16.7 cm³/mol. The van der Waals surface area contributed by atoms with Crippen LogP contribution in [0.15, 0.2) is 12.8 Å². The largest absolute Gasteiger partial charge is 0.366 e. The van der Waals surface area contributed by atoms with E-state index in [-0.39, 0.29) is 0 Å². The monoisotopic (exact) mass is 91.0 g/mol. The highest BCUT2D eigenvalue weighted by atomic mass is 17.1. The fourth-order valence-corrected chi connectivity index (χ4v) is 0.0667. The maximum atomic E-state index is 7.65. The van der Waals surface area contributed by atoms with Crippen LogP contribution < -0.4 is 0 Å². The summed E-state index contributed by atoms with van der Waals surface area (Å²) in [5.41, 5.74) is 0. The number of rotatable bonds is 2. The molecule has 0 radical (unpaired) electrons. The molecule has 6 heavy (non-hydrogen) atoms. The summed E-state index contributed by atoms with van der Waals surface area (Å²) in [6.45, 7) is 3.02. The standard InChI is InChI=1S/C2H5NO3/c1-2-6-3(4)5/h2,4-5H,1H2. The minimum atomic E-state index is -0.438. The summed E-state index contributed by atoms with van der Waals surface area (Å²) in [6.07, 6.45) is 0.875. The van der Waals surface area contributed by atoms with Gasteiger partial charge in [0, 0.05) is 0 Å². The fourth-order valence-electron chi connectivity index (χ4n) is 0.0667. The fraction of sp³-hybridized carbons (Fsp3) is 0. The third-order valence-electron chi connectivity index (χ3n) is 0.169. The van der Waals surface area contributed by atoms with Crippen molar-refractivity contribution < 1.29 is 15.3 Å². The Morgan fingerprint density at radius 2 is 2.17 bits per heavy atom. The van der Waals surface area contributed by atoms with Gasteiger partial charge < -0.3 is 4.84 Å². The smallest absolute Gasteiger partial charge is 0.122 e. The van der Waals surface area contributed by atoms with E-state index in [4.69, 9.17) is 10.4 Å². The molecule has 0 aromatic carbocycles. The highest BCUT2D eigenvalue weighted by Crippen LogP contribution is 1.71. The molecule has 0 spiro atoms. The topological polar surface area (TPSA) is 52.9 Å². The molecule has 0 aliphatic heterocycles. The molecule has 4 nitrogen and oxygen atoms in total. The Morgan fingerprint density at radius 1 is 1.67 bits per heavy atom. The third-order valence-corrected chi connectivity index (χ3v) is 0.169. The van der Waals surface area contributed by atoms with E-state index in [1.165, 1.54) is 0 Å². The molecule has 0 aliphatic carbocycles. The van der Waals surface area contributed by atoms with Gasteiger partial charge in [-0.05, 0) is 0 Å². The summed E-state index contributed by atoms with van der Waals surface area (Å²) in [5.74, 6) is 0. The Morgan fingerprint density at radius 3 is 2.17 bits per heavy atom. The first-order valence-corrected chi connectivity index (χ1v) is 1.23. The molecule has 36 valence electrons. The molecule has 0 atom stereocenters. The van der Waals surface area contributed by atoms with Gasteiger partial charge in [-0.3, -0.25) is 10.4 Å². The van der Waals surface area contributed by atoms with E-state index < -0.39 is 5.39 Å². The molecule has 0 bridgehead atoms. The maximum absolute atomic E-state index is 7.65. The summed E-state index contributed by atoms with van der Waals surface area (Å²) < 4.78 is 0. The van der Waals surface area contributed by atoms with Crippen LogP contribution in [0.2, 0.25) is 0 Å². The van der Waals surface area contributed by atoms with Crippen molar-refractivity contribution in [2.45, 2.75) is 0 Å². The molecule has 2 N–H and O–H groups in total. The van der Waals surface area contributed by atoms with Gasteiger partial charge in [-0.15, -0.1) is 0 Å². The van der Waals surface area contributed by atoms with Crippen LogP contribution in [0.4, 0.5) is 0 Å². The van der Waals surface area contributed by atoms with E-state index in [1.54, 1.807) is 0 Å². The Balaban J connectivity index is 2.81. The van der Waals surface area contributed by atoms with Crippen LogP contribution in [-0.2, 0) is 4.84 Å². The van der Waals surface area contributed by atoms with Gasteiger partial charge in [-0.1, -0.05) is 6.58 Å². The van der Waals surface area contributed by atoms with E-state index in [0.717, 1.165) is 6.26 Å². The van der Waals surface area contributed by atoms with Crippen molar-refractivity contribution in [1.29, 1.82) is 0 Å². The van der Waals surface area contributed by atoms with Crippen LogP contribution in [-0.4, -0.2) is 15.8 Å². The van der Waals surface area contributed by atoms with Gasteiger partial charge >= 0.3 is 0 Å². The second-order valence-electron chi connectivity index (χ2n) is 0.525. The molecule has 0 saturated heterocycles. The van der Waals surface area contributed by atoms with E-state index >= 15 is 0 Å². The summed E-state index contributed by atoms with van der Waals surface area (Å²) in [5, 5.41) is 14.9. The second kappa shape index (κ2) is 2.65. The van der Waals surface area contributed by atoms with E-state index in [0.29, 0.717) is 0 Å². The van der Waals surface area contributed by atoms with Crippen molar-refractivity contribution in [3.63, 3.8) is 0 Å². The molecule has 0 rings (SSSR count). The van der Waals surface area contributed by atoms with Gasteiger partial charge in [0.2, 0.25) is 0 Å². The van der Waals surface area contributed by atoms with Gasteiger partial charge in [-0.2, -0.15) is 0 Å². The zero-order valence-corrected chi connectivity index (χ0v) is 3.03. The number of hydrogen-bond acceptors (Lipinski definition) is 4. The first-order valence-electron chi connectivity index (χ1n) is 1.23. The molecule has 4 heteroatoms. The lowest BCUT2D eigenvalue weighted by Gasteiger charge is -1.98. The van der Waals surface area contributed by atoms with E-state index in [9.17, 15) is 0 Å². The van der Waals surface area contributed by atoms with Gasteiger partial charge in [0.25, 0.3) is 0 Å². The zero-order valence-electron chi connectivity index (χ0n) is 3.03. The molecule has 0 aromatic rings. The molecular weight excluding hydrogens is 86.0 g/mol. The van der Waals surface area contributed by atoms with Crippen molar-refractivity contribution in [2.24, 2.45) is 0 Å². The summed E-state index contributed by atoms with van der Waals surface area (Å²) in [7, 11) is 0. The van der Waals surface area contributed by atoms with Crippen molar-refractivity contribution in [3.05, 3.63) is 12.8 Å². The van der Waals surface area contributed by atoms with Crippen molar-refractivity contribution in [1.82, 2.24) is 5.39 Å². The minimum Gasteiger partial charge on any atom is -0.366 e. The van der Waals surface area contributed by atoms with Crippen LogP contribution in [0.25, 0.3) is 0 Å². The molecule has 0 aromatic heterocycles. The normalized spacial score (nSPS) is 8.50. The Bertz CT molecular complexity index is 44.1. The highest BCUT2D eigenvalue weighted by Gasteiger charge is 1.79. The van der Waals surface area contributed by atoms with Crippen molar-refractivity contribution in [2.75, 3.05) is 0 Å². The van der Waals surface area contributed by atoms with Gasteiger partial charge in [0.15, 0.2) is 0 Å². The molecule has 0 fully saturated rings. The van der Waals surface area contributed by atoms with Crippen LogP contribution in [0, 0.1) is 0 Å². The van der Waals surface area contributed by atoms with Crippen LogP contribution in [0.5, 0.6) is 0 Å². The van der Waals surface area contributed by atoms with E-state index in [2.05, 4.69) is 11.4 Å². The number of hydrogen-bond donors (Lipinski definition) is 2. The van der Waals surface area contributed by atoms with Gasteiger partial charge in [-0.25, -0.2) is 0 Å². The lowest BCUT2D eigenvalue weighted by Crippen LogP contribution is -2.09. The Labute approximate surface area is 34.7 Å². The molecule has 0 heterocycles. The van der Waals surface area contributed by atoms with E-state index in [1.807, 2.05) is 0 Å². The molecule has 0 amide bonds. The average molecular weight is 91.1 g/mol. The first kappa shape index (κ1) is 5.42. The molecular formula is C2H5NO3.